The Bertz CT molecular complexity index is 2130. The first kappa shape index (κ1) is 54.2. The van der Waals surface area contributed by atoms with Gasteiger partial charge in [0.2, 0.25) is 11.6 Å². The van der Waals surface area contributed by atoms with Gasteiger partial charge in [0.15, 0.2) is 36.6 Å². The van der Waals surface area contributed by atoms with E-state index < -0.39 is 177 Å². The van der Waals surface area contributed by atoms with Gasteiger partial charge in [0, 0.05) is 69.2 Å². The van der Waals surface area contributed by atoms with E-state index in [-0.39, 0.29) is 0 Å². The third kappa shape index (κ3) is 14.1. The van der Waals surface area contributed by atoms with Crippen LogP contribution in [0.25, 0.3) is 0 Å². The molecule has 68 heavy (non-hydrogen) atoms. The maximum atomic E-state index is 15.2. The number of hydrogen-bond acceptors (Lipinski definition) is 26. The number of carbonyl (C=O) groups excluding carboxylic acids is 12. The number of allylic oxidation sites excluding steroid dienone is 2. The summed E-state index contributed by atoms with van der Waals surface area (Å²) < 4.78 is 66.6. The second-order valence-electron chi connectivity index (χ2n) is 14.7. The van der Waals surface area contributed by atoms with Crippen LogP contribution in [-0.4, -0.2) is 144 Å². The fraction of sp³-hybridized carbons (Fsp3) is 0.524. The summed E-state index contributed by atoms with van der Waals surface area (Å²) in [5.74, 6) is -12.9. The summed E-state index contributed by atoms with van der Waals surface area (Å²) in [5.41, 5.74) is -4.88. The lowest BCUT2D eigenvalue weighted by atomic mass is 9.92. The molecule has 10 atom stereocenters. The molecule has 2 saturated heterocycles. The molecule has 1 aliphatic carbocycles. The Morgan fingerprint density at radius 2 is 0.691 bits per heavy atom. The van der Waals surface area contributed by atoms with Crippen molar-refractivity contribution in [2.75, 3.05) is 13.2 Å². The van der Waals surface area contributed by atoms with Crippen molar-refractivity contribution >= 4 is 94.8 Å². The van der Waals surface area contributed by atoms with Crippen molar-refractivity contribution < 1.29 is 114 Å². The monoisotopic (exact) mass is 998 g/mol. The largest absolute Gasteiger partial charge is 0.463 e. The number of ketones is 2. The molecular formula is C42H46O24S2. The lowest BCUT2D eigenvalue weighted by Gasteiger charge is -2.45. The highest BCUT2D eigenvalue weighted by Crippen LogP contribution is 2.50. The summed E-state index contributed by atoms with van der Waals surface area (Å²) in [6, 6.07) is 2.11. The number of benzene rings is 1. The molecule has 0 saturated carbocycles. The fourth-order valence-corrected chi connectivity index (χ4v) is 9.60. The summed E-state index contributed by atoms with van der Waals surface area (Å²) in [4.78, 5) is 154. The summed E-state index contributed by atoms with van der Waals surface area (Å²) in [7, 11) is 0. The second kappa shape index (κ2) is 23.6. The minimum absolute atomic E-state index is 0.332. The summed E-state index contributed by atoms with van der Waals surface area (Å²) >= 11 is 0.665. The minimum Gasteiger partial charge on any atom is -0.463 e. The van der Waals surface area contributed by atoms with E-state index in [0.717, 1.165) is 81.4 Å². The molecule has 0 radical (unpaired) electrons. The molecule has 2 fully saturated rings. The van der Waals surface area contributed by atoms with Gasteiger partial charge in [0.1, 0.15) is 47.8 Å². The Morgan fingerprint density at radius 3 is 0.956 bits per heavy atom. The Balaban J connectivity index is 2.09. The molecule has 0 spiro atoms. The van der Waals surface area contributed by atoms with E-state index in [9.17, 15) is 47.9 Å². The number of fused-ring (bicyclic) bond motifs is 1. The number of ether oxygens (including phenoxy) is 12. The molecule has 4 rings (SSSR count). The van der Waals surface area contributed by atoms with Gasteiger partial charge in [-0.05, 0) is 12.1 Å². The van der Waals surface area contributed by atoms with E-state index >= 15 is 9.59 Å². The number of esters is 10. The molecule has 1 aromatic rings. The molecule has 24 nitrogen and oxygen atoms in total. The first-order valence-electron chi connectivity index (χ1n) is 20.1. The Morgan fingerprint density at radius 1 is 0.412 bits per heavy atom. The summed E-state index contributed by atoms with van der Waals surface area (Å²) in [6.07, 6.45) is -13.6. The Labute approximate surface area is 394 Å². The van der Waals surface area contributed by atoms with Crippen molar-refractivity contribution in [2.24, 2.45) is 0 Å². The van der Waals surface area contributed by atoms with Crippen LogP contribution in [0.4, 0.5) is 0 Å². The predicted octanol–water partition coefficient (Wildman–Crippen LogP) is 1.76. The van der Waals surface area contributed by atoms with Crippen molar-refractivity contribution in [2.45, 2.75) is 129 Å². The topological polar surface area (TPSA) is 316 Å². The molecule has 3 aliphatic rings. The van der Waals surface area contributed by atoms with Crippen molar-refractivity contribution in [3.05, 3.63) is 33.1 Å². The minimum atomic E-state index is -1.83. The number of rotatable bonds is 16. The van der Waals surface area contributed by atoms with E-state index in [2.05, 4.69) is 0 Å². The SMILES string of the molecule is CC(=O)OC[C@H]1O[C@@H](SC2=C(S[C@@H]3O[C@H](COC(C)=O)[C@@H](OC(C)=O)[C@H](OC(C)=O)[C@H]3OC(C)=O)C(=O)c3c(OC(C)=O)ccc(OC(C)=O)c3C2=O)[C@H](OC(C)=O)[C@@H](OC(C)=O)[C@@H]1OC(C)=O. The molecule has 0 N–H and O–H groups in total. The first-order valence-corrected chi connectivity index (χ1v) is 21.9. The molecule has 2 aliphatic heterocycles. The van der Waals surface area contributed by atoms with E-state index in [4.69, 9.17) is 56.8 Å². The van der Waals surface area contributed by atoms with Gasteiger partial charge in [-0.1, -0.05) is 23.5 Å². The lowest BCUT2D eigenvalue weighted by molar-refractivity contribution is -0.237. The predicted molar refractivity (Wildman–Crippen MR) is 224 cm³/mol. The molecule has 370 valence electrons. The average molecular weight is 999 g/mol. The smallest absolute Gasteiger partial charge is 0.308 e. The van der Waals surface area contributed by atoms with Crippen LogP contribution in [-0.2, 0) is 95.3 Å². The van der Waals surface area contributed by atoms with Crippen LogP contribution < -0.4 is 9.47 Å². The lowest BCUT2D eigenvalue weighted by Crippen LogP contribution is -2.61. The van der Waals surface area contributed by atoms with Gasteiger partial charge in [-0.2, -0.15) is 0 Å². The second-order valence-corrected chi connectivity index (χ2v) is 16.9. The third-order valence-electron chi connectivity index (χ3n) is 9.07. The van der Waals surface area contributed by atoms with Gasteiger partial charge in [-0.15, -0.1) is 0 Å². The molecule has 0 amide bonds. The molecule has 26 heteroatoms. The Hall–Kier alpha value is -6.38. The number of Topliss-reactive ketones (excluding diaryl/α,β-unsaturated/α-hetero) is 2. The number of carbonyl (C=O) groups is 12. The fourth-order valence-electron chi connectivity index (χ4n) is 6.94. The Kier molecular flexibility index (Phi) is 18.8. The van der Waals surface area contributed by atoms with Crippen molar-refractivity contribution in [3.63, 3.8) is 0 Å². The van der Waals surface area contributed by atoms with Gasteiger partial charge in [-0.25, -0.2) is 0 Å². The number of hydrogen-bond donors (Lipinski definition) is 0. The van der Waals surface area contributed by atoms with Crippen LogP contribution in [0, 0.1) is 0 Å². The quantitative estimate of drug-likeness (QED) is 0.129. The van der Waals surface area contributed by atoms with E-state index in [1.807, 2.05) is 0 Å². The third-order valence-corrected chi connectivity index (χ3v) is 11.7. The van der Waals surface area contributed by atoms with Crippen LogP contribution in [0.2, 0.25) is 0 Å². The van der Waals surface area contributed by atoms with E-state index in [1.165, 1.54) is 0 Å². The number of thioether (sulfide) groups is 2. The highest BCUT2D eigenvalue weighted by molar-refractivity contribution is 8.08. The molecule has 0 unspecified atom stereocenters. The van der Waals surface area contributed by atoms with Gasteiger partial charge in [-0.3, -0.25) is 57.5 Å². The zero-order chi connectivity index (χ0) is 50.9. The maximum absolute atomic E-state index is 15.2. The van der Waals surface area contributed by atoms with Gasteiger partial charge in [0.05, 0.1) is 20.9 Å². The van der Waals surface area contributed by atoms with Crippen molar-refractivity contribution in [1.82, 2.24) is 0 Å². The van der Waals surface area contributed by atoms with Crippen LogP contribution in [0.1, 0.15) is 90.0 Å². The average Bonchev–Trinajstić information content (AvgIpc) is 3.19. The zero-order valence-corrected chi connectivity index (χ0v) is 39.6. The van der Waals surface area contributed by atoms with Crippen LogP contribution in [0.3, 0.4) is 0 Å². The van der Waals surface area contributed by atoms with E-state index in [0.29, 0.717) is 23.5 Å². The van der Waals surface area contributed by atoms with E-state index in [1.54, 1.807) is 0 Å². The maximum Gasteiger partial charge on any atom is 0.308 e. The van der Waals surface area contributed by atoms with Crippen molar-refractivity contribution in [1.29, 1.82) is 0 Å². The van der Waals surface area contributed by atoms with Crippen LogP contribution >= 0.6 is 23.5 Å². The standard InChI is InChI=1S/C42H46O24S2/c1-15(43)55-13-27-33(59-19(5)47)35(61-21(7)49)37(63-23(9)51)41(65-27)67-39-31(53)29-25(57-17(3)45)11-12-26(58-18(4)46)30(29)32(54)40(39)68-42-38(64-24(10)52)36(62-22(8)50)34(60-20(6)48)28(66-42)14-56-16(2)44/h11-12,27-28,33-38,41-42H,13-14H2,1-10H3/t27-,28-,33-,34-,35+,36+,37-,38-,41+,42+/m1/s1. The van der Waals surface area contributed by atoms with Crippen LogP contribution in [0.5, 0.6) is 11.5 Å². The molecule has 0 aromatic heterocycles. The molecular weight excluding hydrogens is 953 g/mol. The van der Waals surface area contributed by atoms with Gasteiger partial charge in [0.25, 0.3) is 0 Å². The van der Waals surface area contributed by atoms with Crippen LogP contribution in [0.15, 0.2) is 21.9 Å². The molecule has 1 aromatic carbocycles. The highest BCUT2D eigenvalue weighted by Gasteiger charge is 2.56. The molecule has 0 bridgehead atoms. The van der Waals surface area contributed by atoms with Gasteiger partial charge >= 0.3 is 59.7 Å². The van der Waals surface area contributed by atoms with Gasteiger partial charge < -0.3 is 56.8 Å². The normalized spacial score (nSPS) is 25.3. The van der Waals surface area contributed by atoms with Crippen molar-refractivity contribution in [3.8, 4) is 11.5 Å². The highest BCUT2D eigenvalue weighted by atomic mass is 32.2. The zero-order valence-electron chi connectivity index (χ0n) is 38.0. The molecule has 2 heterocycles. The first-order chi connectivity index (χ1) is 31.8. The summed E-state index contributed by atoms with van der Waals surface area (Å²) in [6.45, 7) is 8.48. The summed E-state index contributed by atoms with van der Waals surface area (Å²) in [5, 5.41) is 0.